The number of carbonyl (C=O) groups is 1. The molecule has 3 rings (SSSR count). The third-order valence-electron chi connectivity index (χ3n) is 4.51. The Morgan fingerprint density at radius 2 is 1.96 bits per heavy atom. The fourth-order valence-corrected chi connectivity index (χ4v) is 3.25. The molecule has 1 saturated heterocycles. The van der Waals surface area contributed by atoms with Gasteiger partial charge in [-0.2, -0.15) is 0 Å². The summed E-state index contributed by atoms with van der Waals surface area (Å²) in [5, 5.41) is 2.57. The van der Waals surface area contributed by atoms with Crippen LogP contribution in [0.15, 0.2) is 42.5 Å². The summed E-state index contributed by atoms with van der Waals surface area (Å²) < 4.78 is 26.8. The number of hydrogen-bond acceptors (Lipinski definition) is 3. The highest BCUT2D eigenvalue weighted by Gasteiger charge is 2.26. The summed E-state index contributed by atoms with van der Waals surface area (Å²) in [6.45, 7) is 1.46. The van der Waals surface area contributed by atoms with E-state index in [1.54, 1.807) is 12.1 Å². The van der Waals surface area contributed by atoms with E-state index in [0.29, 0.717) is 12.2 Å². The van der Waals surface area contributed by atoms with Crippen molar-refractivity contribution in [1.82, 2.24) is 4.90 Å². The minimum Gasteiger partial charge on any atom is -0.399 e. The zero-order valence-corrected chi connectivity index (χ0v) is 13.8. The van der Waals surface area contributed by atoms with Gasteiger partial charge in [-0.1, -0.05) is 12.1 Å². The number of likely N-dealkylation sites (tertiary alicyclic amines) is 1. The summed E-state index contributed by atoms with van der Waals surface area (Å²) in [6, 6.07) is 10.8. The molecule has 1 aliphatic heterocycles. The largest absolute Gasteiger partial charge is 0.399 e. The lowest BCUT2D eigenvalue weighted by atomic mass is 10.0. The van der Waals surface area contributed by atoms with Crippen LogP contribution in [0.25, 0.3) is 0 Å². The quantitative estimate of drug-likeness (QED) is 0.812. The molecule has 6 heteroatoms. The average Bonchev–Trinajstić information content (AvgIpc) is 3.05. The molecule has 0 saturated carbocycles. The number of rotatable bonds is 5. The molecule has 1 heterocycles. The number of hydrogen-bond donors (Lipinski definition) is 2. The third-order valence-corrected chi connectivity index (χ3v) is 4.51. The highest BCUT2D eigenvalue weighted by atomic mass is 19.1. The molecule has 1 aliphatic rings. The highest BCUT2D eigenvalue weighted by Crippen LogP contribution is 2.32. The van der Waals surface area contributed by atoms with Gasteiger partial charge in [-0.3, -0.25) is 9.69 Å². The molecule has 132 valence electrons. The van der Waals surface area contributed by atoms with Gasteiger partial charge in [-0.25, -0.2) is 8.78 Å². The Labute approximate surface area is 145 Å². The van der Waals surface area contributed by atoms with E-state index in [1.807, 2.05) is 0 Å². The van der Waals surface area contributed by atoms with Crippen LogP contribution in [-0.4, -0.2) is 23.9 Å². The first-order chi connectivity index (χ1) is 12.0. The van der Waals surface area contributed by atoms with E-state index in [9.17, 15) is 13.6 Å². The lowest BCUT2D eigenvalue weighted by Gasteiger charge is -2.24. The normalized spacial score (nSPS) is 17.6. The number of nitrogens with zero attached hydrogens (tertiary/aromatic N) is 1. The van der Waals surface area contributed by atoms with Crippen molar-refractivity contribution in [2.45, 2.75) is 25.3 Å². The molecule has 3 N–H and O–H groups in total. The zero-order chi connectivity index (χ0) is 17.8. The van der Waals surface area contributed by atoms with E-state index in [-0.39, 0.29) is 29.9 Å². The number of nitrogens with two attached hydrogens (primary N) is 1. The third kappa shape index (κ3) is 4.33. The van der Waals surface area contributed by atoms with Crippen molar-refractivity contribution in [2.75, 3.05) is 24.1 Å². The second kappa shape index (κ2) is 7.61. The number of benzene rings is 2. The van der Waals surface area contributed by atoms with Crippen LogP contribution in [0.1, 0.15) is 30.9 Å². The summed E-state index contributed by atoms with van der Waals surface area (Å²) in [7, 11) is 0. The summed E-state index contributed by atoms with van der Waals surface area (Å²) >= 11 is 0. The molecule has 0 spiro atoms. The summed E-state index contributed by atoms with van der Waals surface area (Å²) in [4.78, 5) is 14.3. The predicted octanol–water partition coefficient (Wildman–Crippen LogP) is 3.71. The van der Waals surface area contributed by atoms with Gasteiger partial charge in [0.05, 0.1) is 5.69 Å². The molecule has 0 radical (unpaired) electrons. The molecule has 2 aromatic carbocycles. The number of anilines is 2. The minimum absolute atomic E-state index is 0.0986. The number of amides is 1. The fourth-order valence-electron chi connectivity index (χ4n) is 3.25. The first-order valence-corrected chi connectivity index (χ1v) is 8.37. The van der Waals surface area contributed by atoms with Crippen molar-refractivity contribution in [3.63, 3.8) is 0 Å². The number of nitrogens with one attached hydrogen (secondary N) is 1. The van der Waals surface area contributed by atoms with Crippen molar-refractivity contribution in [2.24, 2.45) is 0 Å². The Bertz CT molecular complexity index is 749. The van der Waals surface area contributed by atoms with Crippen molar-refractivity contribution >= 4 is 17.3 Å². The molecular weight excluding hydrogens is 324 g/mol. The van der Waals surface area contributed by atoms with Gasteiger partial charge in [-0.15, -0.1) is 0 Å². The SMILES string of the molecule is Nc1ccc(F)c(NC(=O)CCN2CCC[C@H]2c2ccc(F)cc2)c1. The Morgan fingerprint density at radius 3 is 2.72 bits per heavy atom. The Hall–Kier alpha value is -2.47. The molecule has 25 heavy (non-hydrogen) atoms. The van der Waals surface area contributed by atoms with Crippen LogP contribution < -0.4 is 11.1 Å². The van der Waals surface area contributed by atoms with Gasteiger partial charge in [-0.05, 0) is 55.3 Å². The molecular formula is C19H21F2N3O. The predicted molar refractivity (Wildman–Crippen MR) is 94.0 cm³/mol. The van der Waals surface area contributed by atoms with E-state index in [4.69, 9.17) is 5.73 Å². The minimum atomic E-state index is -0.507. The number of carbonyl (C=O) groups excluding carboxylic acids is 1. The molecule has 4 nitrogen and oxygen atoms in total. The van der Waals surface area contributed by atoms with Crippen molar-refractivity contribution < 1.29 is 13.6 Å². The van der Waals surface area contributed by atoms with E-state index in [1.165, 1.54) is 30.3 Å². The Kier molecular flexibility index (Phi) is 5.28. The van der Waals surface area contributed by atoms with Crippen LogP contribution in [-0.2, 0) is 4.79 Å². The summed E-state index contributed by atoms with van der Waals surface area (Å²) in [5.74, 6) is -1.01. The maximum absolute atomic E-state index is 13.7. The molecule has 1 atom stereocenters. The second-order valence-corrected chi connectivity index (χ2v) is 6.28. The average molecular weight is 345 g/mol. The van der Waals surface area contributed by atoms with Crippen LogP contribution in [0.3, 0.4) is 0 Å². The second-order valence-electron chi connectivity index (χ2n) is 6.28. The smallest absolute Gasteiger partial charge is 0.225 e. The van der Waals surface area contributed by atoms with E-state index in [2.05, 4.69) is 10.2 Å². The van der Waals surface area contributed by atoms with E-state index >= 15 is 0 Å². The van der Waals surface area contributed by atoms with E-state index in [0.717, 1.165) is 24.9 Å². The molecule has 2 aromatic rings. The molecule has 1 amide bonds. The van der Waals surface area contributed by atoms with Crippen LogP contribution >= 0.6 is 0 Å². The van der Waals surface area contributed by atoms with Crippen LogP contribution in [0.4, 0.5) is 20.2 Å². The lowest BCUT2D eigenvalue weighted by molar-refractivity contribution is -0.116. The van der Waals surface area contributed by atoms with Crippen LogP contribution in [0.2, 0.25) is 0 Å². The maximum Gasteiger partial charge on any atom is 0.225 e. The zero-order valence-electron chi connectivity index (χ0n) is 13.8. The van der Waals surface area contributed by atoms with Gasteiger partial charge < -0.3 is 11.1 Å². The van der Waals surface area contributed by atoms with Crippen molar-refractivity contribution in [1.29, 1.82) is 0 Å². The standard InChI is InChI=1S/C19H21F2N3O/c20-14-5-3-13(4-6-14)18-2-1-10-24(18)11-9-19(25)23-17-12-15(22)7-8-16(17)21/h3-8,12,18H,1-2,9-11,22H2,(H,23,25)/t18-/m0/s1. The summed E-state index contributed by atoms with van der Waals surface area (Å²) in [6.07, 6.45) is 2.27. The van der Waals surface area contributed by atoms with Gasteiger partial charge in [0, 0.05) is 24.7 Å². The molecule has 1 fully saturated rings. The monoisotopic (exact) mass is 345 g/mol. The Morgan fingerprint density at radius 1 is 1.20 bits per heavy atom. The van der Waals surface area contributed by atoms with Gasteiger partial charge in [0.1, 0.15) is 11.6 Å². The van der Waals surface area contributed by atoms with Gasteiger partial charge >= 0.3 is 0 Å². The molecule has 0 bridgehead atoms. The fraction of sp³-hybridized carbons (Fsp3) is 0.316. The lowest BCUT2D eigenvalue weighted by Crippen LogP contribution is -2.27. The number of nitrogen functional groups attached to an aromatic ring is 1. The van der Waals surface area contributed by atoms with Gasteiger partial charge in [0.2, 0.25) is 5.91 Å². The maximum atomic E-state index is 13.7. The van der Waals surface area contributed by atoms with Crippen LogP contribution in [0.5, 0.6) is 0 Å². The topological polar surface area (TPSA) is 58.4 Å². The first kappa shape index (κ1) is 17.4. The van der Waals surface area contributed by atoms with Crippen molar-refractivity contribution in [3.8, 4) is 0 Å². The first-order valence-electron chi connectivity index (χ1n) is 8.37. The van der Waals surface area contributed by atoms with Gasteiger partial charge in [0.25, 0.3) is 0 Å². The number of halogens is 2. The highest BCUT2D eigenvalue weighted by molar-refractivity contribution is 5.91. The Balaban J connectivity index is 1.57. The van der Waals surface area contributed by atoms with E-state index < -0.39 is 5.82 Å². The molecule has 0 unspecified atom stereocenters. The molecule has 0 aromatic heterocycles. The van der Waals surface area contributed by atoms with Crippen molar-refractivity contribution in [3.05, 3.63) is 59.7 Å². The summed E-state index contributed by atoms with van der Waals surface area (Å²) in [5.41, 5.74) is 7.17. The molecule has 0 aliphatic carbocycles. The van der Waals surface area contributed by atoms with Crippen LogP contribution in [0, 0.1) is 11.6 Å². The van der Waals surface area contributed by atoms with Gasteiger partial charge in [0.15, 0.2) is 0 Å².